The third kappa shape index (κ3) is 3.70. The number of sulfonamides is 1. The summed E-state index contributed by atoms with van der Waals surface area (Å²) in [4.78, 5) is 13.5. The molecule has 0 unspecified atom stereocenters. The van der Waals surface area contributed by atoms with E-state index in [0.29, 0.717) is 43.9 Å². The number of halogens is 1. The lowest BCUT2D eigenvalue weighted by atomic mass is 10.2. The minimum absolute atomic E-state index is 0.00265. The van der Waals surface area contributed by atoms with Gasteiger partial charge in [-0.15, -0.1) is 0 Å². The first-order valence-electron chi connectivity index (χ1n) is 7.40. The van der Waals surface area contributed by atoms with Crippen molar-refractivity contribution in [3.05, 3.63) is 28.2 Å². The summed E-state index contributed by atoms with van der Waals surface area (Å²) in [7, 11) is -3.52. The van der Waals surface area contributed by atoms with Crippen molar-refractivity contribution in [2.45, 2.75) is 31.6 Å². The number of carbonyl (C=O) groups is 1. The van der Waals surface area contributed by atoms with E-state index in [-0.39, 0.29) is 5.91 Å². The maximum absolute atomic E-state index is 12.9. The molecule has 0 spiro atoms. The van der Waals surface area contributed by atoms with E-state index in [4.69, 9.17) is 0 Å². The largest absolute Gasteiger partial charge is 0.342 e. The minimum atomic E-state index is -3.52. The van der Waals surface area contributed by atoms with Crippen molar-refractivity contribution in [3.8, 4) is 0 Å². The van der Waals surface area contributed by atoms with Gasteiger partial charge in [-0.05, 0) is 36.6 Å². The summed E-state index contributed by atoms with van der Waals surface area (Å²) >= 11 is 3.38. The minimum Gasteiger partial charge on any atom is -0.342 e. The monoisotopic (exact) mass is 388 g/mol. The number of benzene rings is 1. The standard InChI is InChI=1S/C15H21BrN2O3S/c1-3-13-11-14(16)5-6-15(13)22(20,21)18-8-4-7-17(9-10-18)12(2)19/h5-6,11H,3-4,7-10H2,1-2H3. The molecule has 1 aromatic carbocycles. The van der Waals surface area contributed by atoms with Gasteiger partial charge in [0.1, 0.15) is 0 Å². The summed E-state index contributed by atoms with van der Waals surface area (Å²) in [6.07, 6.45) is 1.32. The van der Waals surface area contributed by atoms with Crippen LogP contribution < -0.4 is 0 Å². The Bertz CT molecular complexity index is 661. The Kier molecular flexibility index (Phi) is 5.63. The summed E-state index contributed by atoms with van der Waals surface area (Å²) in [5.41, 5.74) is 0.807. The second-order valence-corrected chi connectivity index (χ2v) is 8.19. The molecule has 0 aliphatic carbocycles. The van der Waals surface area contributed by atoms with E-state index in [1.165, 1.54) is 11.2 Å². The number of nitrogens with zero attached hydrogens (tertiary/aromatic N) is 2. The van der Waals surface area contributed by atoms with E-state index < -0.39 is 10.0 Å². The first kappa shape index (κ1) is 17.4. The second-order valence-electron chi connectivity index (χ2n) is 5.37. The Morgan fingerprint density at radius 2 is 1.95 bits per heavy atom. The molecule has 1 fully saturated rings. The van der Waals surface area contributed by atoms with Gasteiger partial charge in [0.15, 0.2) is 0 Å². The lowest BCUT2D eigenvalue weighted by Crippen LogP contribution is -2.36. The maximum Gasteiger partial charge on any atom is 0.243 e. The van der Waals surface area contributed by atoms with Gasteiger partial charge in [0.05, 0.1) is 4.90 Å². The third-order valence-corrected chi connectivity index (χ3v) is 6.41. The molecule has 0 aromatic heterocycles. The van der Waals surface area contributed by atoms with Crippen LogP contribution in [0.3, 0.4) is 0 Å². The zero-order valence-corrected chi connectivity index (χ0v) is 15.3. The van der Waals surface area contributed by atoms with E-state index in [1.807, 2.05) is 13.0 Å². The van der Waals surface area contributed by atoms with Gasteiger partial charge in [-0.25, -0.2) is 8.42 Å². The van der Waals surface area contributed by atoms with Gasteiger partial charge < -0.3 is 4.90 Å². The van der Waals surface area contributed by atoms with E-state index in [9.17, 15) is 13.2 Å². The SMILES string of the molecule is CCc1cc(Br)ccc1S(=O)(=O)N1CCCN(C(C)=O)CC1. The van der Waals surface area contributed by atoms with E-state index >= 15 is 0 Å². The van der Waals surface area contributed by atoms with Crippen LogP contribution in [0.1, 0.15) is 25.8 Å². The molecule has 1 aliphatic heterocycles. The molecule has 1 aromatic rings. The molecule has 1 saturated heterocycles. The normalized spacial score (nSPS) is 17.3. The van der Waals surface area contributed by atoms with Crippen LogP contribution in [-0.4, -0.2) is 49.7 Å². The molecule has 1 aliphatic rings. The maximum atomic E-state index is 12.9. The molecule has 1 amide bonds. The summed E-state index contributed by atoms with van der Waals surface area (Å²) in [5, 5.41) is 0. The zero-order valence-electron chi connectivity index (χ0n) is 12.9. The lowest BCUT2D eigenvalue weighted by Gasteiger charge is -2.22. The summed E-state index contributed by atoms with van der Waals surface area (Å²) in [6.45, 7) is 5.33. The Hall–Kier alpha value is -0.920. The van der Waals surface area contributed by atoms with Gasteiger partial charge in [-0.1, -0.05) is 22.9 Å². The highest BCUT2D eigenvalue weighted by Gasteiger charge is 2.29. The average molecular weight is 389 g/mol. The molecule has 2 rings (SSSR count). The Morgan fingerprint density at radius 3 is 2.59 bits per heavy atom. The number of amides is 1. The predicted octanol–water partition coefficient (Wildman–Crippen LogP) is 2.25. The van der Waals surface area contributed by atoms with Crippen LogP contribution in [-0.2, 0) is 21.2 Å². The van der Waals surface area contributed by atoms with Crippen molar-refractivity contribution in [3.63, 3.8) is 0 Å². The van der Waals surface area contributed by atoms with Crippen LogP contribution in [0.4, 0.5) is 0 Å². The number of hydrogen-bond donors (Lipinski definition) is 0. The fourth-order valence-corrected chi connectivity index (χ4v) is 4.82. The van der Waals surface area contributed by atoms with Crippen LogP contribution in [0.2, 0.25) is 0 Å². The molecular formula is C15H21BrN2O3S. The van der Waals surface area contributed by atoms with Crippen molar-refractivity contribution in [2.75, 3.05) is 26.2 Å². The summed E-state index contributed by atoms with van der Waals surface area (Å²) < 4.78 is 28.2. The van der Waals surface area contributed by atoms with Gasteiger partial charge >= 0.3 is 0 Å². The summed E-state index contributed by atoms with van der Waals surface area (Å²) in [6, 6.07) is 5.27. The highest BCUT2D eigenvalue weighted by Crippen LogP contribution is 2.25. The second kappa shape index (κ2) is 7.10. The predicted molar refractivity (Wildman–Crippen MR) is 89.1 cm³/mol. The number of rotatable bonds is 3. The molecular weight excluding hydrogens is 368 g/mol. The molecule has 0 N–H and O–H groups in total. The Morgan fingerprint density at radius 1 is 1.23 bits per heavy atom. The van der Waals surface area contributed by atoms with Crippen LogP contribution in [0.5, 0.6) is 0 Å². The quantitative estimate of drug-likeness (QED) is 0.797. The fraction of sp³-hybridized carbons (Fsp3) is 0.533. The average Bonchev–Trinajstić information content (AvgIpc) is 2.73. The van der Waals surface area contributed by atoms with E-state index in [2.05, 4.69) is 15.9 Å². The van der Waals surface area contributed by atoms with Crippen molar-refractivity contribution in [1.82, 2.24) is 9.21 Å². The zero-order chi connectivity index (χ0) is 16.3. The third-order valence-electron chi connectivity index (χ3n) is 3.92. The van der Waals surface area contributed by atoms with Crippen LogP contribution in [0, 0.1) is 0 Å². The number of hydrogen-bond acceptors (Lipinski definition) is 3. The lowest BCUT2D eigenvalue weighted by molar-refractivity contribution is -0.128. The van der Waals surface area contributed by atoms with Crippen LogP contribution in [0.15, 0.2) is 27.6 Å². The highest BCUT2D eigenvalue weighted by molar-refractivity contribution is 9.10. The topological polar surface area (TPSA) is 57.7 Å². The van der Waals surface area contributed by atoms with Crippen LogP contribution >= 0.6 is 15.9 Å². The van der Waals surface area contributed by atoms with E-state index in [0.717, 1.165) is 10.0 Å². The van der Waals surface area contributed by atoms with Gasteiger partial charge in [-0.2, -0.15) is 4.31 Å². The molecule has 1 heterocycles. The molecule has 0 bridgehead atoms. The first-order chi connectivity index (χ1) is 10.4. The molecule has 0 atom stereocenters. The molecule has 0 saturated carbocycles. The van der Waals surface area contributed by atoms with Crippen molar-refractivity contribution >= 4 is 31.9 Å². The van der Waals surface area contributed by atoms with Crippen molar-refractivity contribution < 1.29 is 13.2 Å². The van der Waals surface area contributed by atoms with Gasteiger partial charge in [-0.3, -0.25) is 4.79 Å². The molecule has 122 valence electrons. The Balaban J connectivity index is 2.29. The summed E-state index contributed by atoms with van der Waals surface area (Å²) in [5.74, 6) is -0.00265. The molecule has 5 nitrogen and oxygen atoms in total. The first-order valence-corrected chi connectivity index (χ1v) is 9.63. The molecule has 7 heteroatoms. The highest BCUT2D eigenvalue weighted by atomic mass is 79.9. The van der Waals surface area contributed by atoms with Crippen molar-refractivity contribution in [1.29, 1.82) is 0 Å². The molecule has 0 radical (unpaired) electrons. The van der Waals surface area contributed by atoms with E-state index in [1.54, 1.807) is 17.0 Å². The number of aryl methyl sites for hydroxylation is 1. The van der Waals surface area contributed by atoms with Crippen LogP contribution in [0.25, 0.3) is 0 Å². The molecule has 22 heavy (non-hydrogen) atoms. The number of carbonyl (C=O) groups excluding carboxylic acids is 1. The Labute approximate surface area is 140 Å². The van der Waals surface area contributed by atoms with Gasteiger partial charge in [0, 0.05) is 37.6 Å². The fourth-order valence-electron chi connectivity index (χ4n) is 2.66. The van der Waals surface area contributed by atoms with Gasteiger partial charge in [0.25, 0.3) is 0 Å². The van der Waals surface area contributed by atoms with Crippen molar-refractivity contribution in [2.24, 2.45) is 0 Å². The smallest absolute Gasteiger partial charge is 0.243 e. The van der Waals surface area contributed by atoms with Gasteiger partial charge in [0.2, 0.25) is 15.9 Å².